The van der Waals surface area contributed by atoms with Gasteiger partial charge in [0.1, 0.15) is 0 Å². The zero-order valence-electron chi connectivity index (χ0n) is 11.2. The predicted molar refractivity (Wildman–Crippen MR) is 75.6 cm³/mol. The van der Waals surface area contributed by atoms with Crippen LogP contribution in [0.1, 0.15) is 46.3 Å². The summed E-state index contributed by atoms with van der Waals surface area (Å²) in [4.78, 5) is 14.2. The fourth-order valence-corrected chi connectivity index (χ4v) is 3.49. The van der Waals surface area contributed by atoms with Gasteiger partial charge in [0.2, 0.25) is 0 Å². The molecule has 4 nitrogen and oxygen atoms in total. The van der Waals surface area contributed by atoms with Crippen molar-refractivity contribution < 1.29 is 15.0 Å². The van der Waals surface area contributed by atoms with E-state index in [9.17, 15) is 15.0 Å². The number of aliphatic hydroxyl groups is 2. The van der Waals surface area contributed by atoms with Gasteiger partial charge < -0.3 is 15.5 Å². The van der Waals surface area contributed by atoms with Gasteiger partial charge in [-0.15, -0.1) is 11.3 Å². The van der Waals surface area contributed by atoms with Crippen molar-refractivity contribution in [1.82, 2.24) is 5.32 Å². The summed E-state index contributed by atoms with van der Waals surface area (Å²) in [7, 11) is 0. The number of hydrogen-bond acceptors (Lipinski definition) is 4. The maximum atomic E-state index is 12.2. The Balaban J connectivity index is 2.13. The minimum absolute atomic E-state index is 0.190. The standard InChI is InChI=1S/C14H21NO3S/c1-2-14(8-16,9-17)15-13(18)12-7-10-5-3-4-6-11(10)19-12/h7,16-17H,2-6,8-9H2,1H3,(H,15,18). The lowest BCUT2D eigenvalue weighted by Gasteiger charge is -2.29. The topological polar surface area (TPSA) is 69.6 Å². The second-order valence-corrected chi connectivity index (χ2v) is 6.31. The first-order valence-corrected chi connectivity index (χ1v) is 7.61. The average Bonchev–Trinajstić information content (AvgIpc) is 2.89. The Morgan fingerprint density at radius 3 is 2.63 bits per heavy atom. The summed E-state index contributed by atoms with van der Waals surface area (Å²) >= 11 is 1.54. The molecule has 1 aromatic rings. The minimum Gasteiger partial charge on any atom is -0.394 e. The van der Waals surface area contributed by atoms with Crippen LogP contribution in [0.3, 0.4) is 0 Å². The molecule has 5 heteroatoms. The molecule has 106 valence electrons. The molecule has 0 spiro atoms. The van der Waals surface area contributed by atoms with E-state index in [1.54, 1.807) is 11.3 Å². The smallest absolute Gasteiger partial charge is 0.261 e. The number of thiophene rings is 1. The first kappa shape index (κ1) is 14.5. The fourth-order valence-electron chi connectivity index (χ4n) is 2.35. The lowest BCUT2D eigenvalue weighted by atomic mass is 9.97. The van der Waals surface area contributed by atoms with Crippen molar-refractivity contribution >= 4 is 17.2 Å². The molecule has 0 aliphatic heterocycles. The summed E-state index contributed by atoms with van der Waals surface area (Å²) in [5.41, 5.74) is 0.373. The van der Waals surface area contributed by atoms with Crippen LogP contribution in [-0.4, -0.2) is 34.9 Å². The molecule has 0 saturated heterocycles. The van der Waals surface area contributed by atoms with Gasteiger partial charge in [-0.1, -0.05) is 6.92 Å². The number of fused-ring (bicyclic) bond motifs is 1. The highest BCUT2D eigenvalue weighted by Crippen LogP contribution is 2.29. The number of amides is 1. The van der Waals surface area contributed by atoms with Gasteiger partial charge in [-0.25, -0.2) is 0 Å². The number of hydrogen-bond donors (Lipinski definition) is 3. The molecular weight excluding hydrogens is 262 g/mol. The third kappa shape index (κ3) is 2.99. The Hall–Kier alpha value is -0.910. The third-order valence-corrected chi connectivity index (χ3v) is 5.12. The maximum Gasteiger partial charge on any atom is 0.261 e. The Bertz CT molecular complexity index is 420. The number of aryl methyl sites for hydroxylation is 2. The lowest BCUT2D eigenvalue weighted by Crippen LogP contribution is -2.53. The normalized spacial score (nSPS) is 15.1. The summed E-state index contributed by atoms with van der Waals surface area (Å²) in [6.45, 7) is 1.33. The molecule has 0 fully saturated rings. The van der Waals surface area contributed by atoms with E-state index in [4.69, 9.17) is 0 Å². The Morgan fingerprint density at radius 2 is 2.05 bits per heavy atom. The van der Waals surface area contributed by atoms with E-state index < -0.39 is 5.54 Å². The van der Waals surface area contributed by atoms with Crippen molar-refractivity contribution in [3.8, 4) is 0 Å². The van der Waals surface area contributed by atoms with Crippen molar-refractivity contribution in [2.24, 2.45) is 0 Å². The summed E-state index contributed by atoms with van der Waals surface area (Å²) in [5.74, 6) is -0.190. The number of aliphatic hydroxyl groups excluding tert-OH is 2. The quantitative estimate of drug-likeness (QED) is 0.767. The van der Waals surface area contributed by atoms with Crippen LogP contribution in [0.5, 0.6) is 0 Å². The Kier molecular flexibility index (Phi) is 4.60. The van der Waals surface area contributed by atoms with Crippen LogP contribution in [0.25, 0.3) is 0 Å². The van der Waals surface area contributed by atoms with Gasteiger partial charge in [-0.3, -0.25) is 4.79 Å². The van der Waals surface area contributed by atoms with Crippen LogP contribution >= 0.6 is 11.3 Å². The van der Waals surface area contributed by atoms with Crippen LogP contribution < -0.4 is 5.32 Å². The second kappa shape index (κ2) is 6.03. The van der Waals surface area contributed by atoms with Crippen LogP contribution in [0.4, 0.5) is 0 Å². The lowest BCUT2D eigenvalue weighted by molar-refractivity contribution is 0.0656. The predicted octanol–water partition coefficient (Wildman–Crippen LogP) is 1.49. The molecule has 0 unspecified atom stereocenters. The summed E-state index contributed by atoms with van der Waals surface area (Å²) in [6, 6.07) is 1.96. The van der Waals surface area contributed by atoms with Gasteiger partial charge in [-0.2, -0.15) is 0 Å². The van der Waals surface area contributed by atoms with E-state index in [0.717, 1.165) is 12.8 Å². The molecule has 3 N–H and O–H groups in total. The van der Waals surface area contributed by atoms with Crippen molar-refractivity contribution in [2.45, 2.75) is 44.6 Å². The van der Waals surface area contributed by atoms with E-state index >= 15 is 0 Å². The van der Waals surface area contributed by atoms with Gasteiger partial charge >= 0.3 is 0 Å². The van der Waals surface area contributed by atoms with Crippen LogP contribution in [0.15, 0.2) is 6.07 Å². The zero-order valence-corrected chi connectivity index (χ0v) is 12.1. The highest BCUT2D eigenvalue weighted by molar-refractivity contribution is 7.14. The fraction of sp³-hybridized carbons (Fsp3) is 0.643. The summed E-state index contributed by atoms with van der Waals surface area (Å²) < 4.78 is 0. The Labute approximate surface area is 117 Å². The monoisotopic (exact) mass is 283 g/mol. The van der Waals surface area contributed by atoms with E-state index in [1.807, 2.05) is 13.0 Å². The third-order valence-electron chi connectivity index (χ3n) is 3.88. The molecular formula is C14H21NO3S. The first-order chi connectivity index (χ1) is 9.14. The Morgan fingerprint density at radius 1 is 1.37 bits per heavy atom. The maximum absolute atomic E-state index is 12.2. The van der Waals surface area contributed by atoms with Crippen molar-refractivity contribution in [2.75, 3.05) is 13.2 Å². The van der Waals surface area contributed by atoms with Crippen molar-refractivity contribution in [3.05, 3.63) is 21.4 Å². The molecule has 0 atom stereocenters. The van der Waals surface area contributed by atoms with Crippen molar-refractivity contribution in [3.63, 3.8) is 0 Å². The second-order valence-electron chi connectivity index (χ2n) is 5.17. The highest BCUT2D eigenvalue weighted by atomic mass is 32.1. The molecule has 1 aliphatic rings. The zero-order chi connectivity index (χ0) is 13.9. The average molecular weight is 283 g/mol. The first-order valence-electron chi connectivity index (χ1n) is 6.80. The summed E-state index contributed by atoms with van der Waals surface area (Å²) in [5, 5.41) is 21.5. The van der Waals surface area contributed by atoms with Gasteiger partial charge in [0.05, 0.1) is 23.6 Å². The van der Waals surface area contributed by atoms with Gasteiger partial charge in [0.15, 0.2) is 0 Å². The molecule has 0 radical (unpaired) electrons. The van der Waals surface area contributed by atoms with Crippen LogP contribution in [0, 0.1) is 0 Å². The molecule has 0 saturated carbocycles. The van der Waals surface area contributed by atoms with E-state index in [-0.39, 0.29) is 19.1 Å². The van der Waals surface area contributed by atoms with Crippen molar-refractivity contribution in [1.29, 1.82) is 0 Å². The SMILES string of the molecule is CCC(CO)(CO)NC(=O)c1cc2c(s1)CCCC2. The molecule has 2 rings (SSSR count). The van der Waals surface area contributed by atoms with Gasteiger partial charge in [0.25, 0.3) is 5.91 Å². The molecule has 1 aliphatic carbocycles. The van der Waals surface area contributed by atoms with Crippen LogP contribution in [0.2, 0.25) is 0 Å². The largest absolute Gasteiger partial charge is 0.394 e. The molecule has 1 heterocycles. The highest BCUT2D eigenvalue weighted by Gasteiger charge is 2.30. The number of nitrogens with one attached hydrogen (secondary N) is 1. The van der Waals surface area contributed by atoms with E-state index in [2.05, 4.69) is 5.32 Å². The van der Waals surface area contributed by atoms with Gasteiger partial charge in [-0.05, 0) is 43.7 Å². The minimum atomic E-state index is -0.915. The molecule has 1 aromatic heterocycles. The van der Waals surface area contributed by atoms with E-state index in [1.165, 1.54) is 23.3 Å². The molecule has 0 bridgehead atoms. The van der Waals surface area contributed by atoms with E-state index in [0.29, 0.717) is 11.3 Å². The van der Waals surface area contributed by atoms with Gasteiger partial charge in [0, 0.05) is 4.88 Å². The molecule has 1 amide bonds. The summed E-state index contributed by atoms with van der Waals surface area (Å²) in [6.07, 6.45) is 5.00. The molecule has 0 aromatic carbocycles. The number of carbonyl (C=O) groups excluding carboxylic acids is 1. The van der Waals surface area contributed by atoms with Crippen LogP contribution in [-0.2, 0) is 12.8 Å². The molecule has 19 heavy (non-hydrogen) atoms. The number of rotatable bonds is 5. The number of carbonyl (C=O) groups is 1.